The van der Waals surface area contributed by atoms with Gasteiger partial charge in [0.2, 0.25) is 0 Å². The molecule has 0 saturated heterocycles. The predicted molar refractivity (Wildman–Crippen MR) is 82.6 cm³/mol. The molecule has 1 aromatic rings. The molecule has 0 atom stereocenters. The molecule has 0 radical (unpaired) electrons. The Bertz CT molecular complexity index is 435. The number of alkyl halides is 1. The van der Waals surface area contributed by atoms with Crippen molar-refractivity contribution in [2.45, 2.75) is 37.1 Å². The molecule has 1 saturated carbocycles. The summed E-state index contributed by atoms with van der Waals surface area (Å²) in [6.45, 7) is 4.42. The maximum atomic E-state index is 12.6. The van der Waals surface area contributed by atoms with E-state index in [9.17, 15) is 4.79 Å². The third-order valence-electron chi connectivity index (χ3n) is 3.71. The first-order chi connectivity index (χ1) is 9.26. The third kappa shape index (κ3) is 3.47. The van der Waals surface area contributed by atoms with Gasteiger partial charge in [0.25, 0.3) is 5.91 Å². The first kappa shape index (κ1) is 14.3. The molecule has 2 rings (SSSR count). The first-order valence-electron chi connectivity index (χ1n) is 6.83. The molecule has 1 aliphatic rings. The molecule has 0 heterocycles. The molecular weight excluding hydrogens is 302 g/mol. The van der Waals surface area contributed by atoms with Gasteiger partial charge in [0, 0.05) is 23.5 Å². The molecule has 1 aromatic carbocycles. The number of carbonyl (C=O) groups is 1. The van der Waals surface area contributed by atoms with E-state index in [4.69, 9.17) is 0 Å². The number of amides is 1. The van der Waals surface area contributed by atoms with Gasteiger partial charge < -0.3 is 4.90 Å². The van der Waals surface area contributed by atoms with Gasteiger partial charge in [0.1, 0.15) is 0 Å². The monoisotopic (exact) mass is 321 g/mol. The van der Waals surface area contributed by atoms with E-state index in [1.54, 1.807) is 0 Å². The van der Waals surface area contributed by atoms with Crippen LogP contribution < -0.4 is 0 Å². The van der Waals surface area contributed by atoms with Gasteiger partial charge in [0.05, 0.1) is 0 Å². The van der Waals surface area contributed by atoms with Crippen LogP contribution in [0.3, 0.4) is 0 Å². The quantitative estimate of drug-likeness (QED) is 0.589. The molecule has 1 amide bonds. The molecule has 1 fully saturated rings. The van der Waals surface area contributed by atoms with Crippen LogP contribution in [0, 0.1) is 0 Å². The minimum atomic E-state index is 0.132. The van der Waals surface area contributed by atoms with E-state index in [2.05, 4.69) is 22.5 Å². The molecule has 0 aliphatic heterocycles. The average Bonchev–Trinajstić information content (AvgIpc) is 2.98. The minimum Gasteiger partial charge on any atom is -0.332 e. The molecular formula is C16H20BrNO. The highest BCUT2D eigenvalue weighted by Gasteiger charge is 2.26. The number of rotatable bonds is 5. The van der Waals surface area contributed by atoms with Crippen LogP contribution in [0.25, 0.3) is 0 Å². The molecule has 2 nitrogen and oxygen atoms in total. The standard InChI is InChI=1S/C16H20BrNO/c1-2-11-18(15-5-3-4-6-15)16(19)14-9-7-13(12-17)8-10-14/h2,7-10,15H,1,3-6,11-12H2. The largest absolute Gasteiger partial charge is 0.332 e. The molecule has 19 heavy (non-hydrogen) atoms. The summed E-state index contributed by atoms with van der Waals surface area (Å²) >= 11 is 3.42. The van der Waals surface area contributed by atoms with Crippen LogP contribution in [0.2, 0.25) is 0 Å². The van der Waals surface area contributed by atoms with Crippen molar-refractivity contribution in [1.82, 2.24) is 4.90 Å². The maximum Gasteiger partial charge on any atom is 0.254 e. The summed E-state index contributed by atoms with van der Waals surface area (Å²) in [5.41, 5.74) is 1.96. The van der Waals surface area contributed by atoms with Crippen molar-refractivity contribution in [3.05, 3.63) is 48.0 Å². The third-order valence-corrected chi connectivity index (χ3v) is 4.35. The topological polar surface area (TPSA) is 20.3 Å². The normalized spacial score (nSPS) is 15.4. The summed E-state index contributed by atoms with van der Waals surface area (Å²) in [5.74, 6) is 0.132. The van der Waals surface area contributed by atoms with Gasteiger partial charge in [-0.25, -0.2) is 0 Å². The molecule has 0 unspecified atom stereocenters. The van der Waals surface area contributed by atoms with Crippen molar-refractivity contribution in [1.29, 1.82) is 0 Å². The second-order valence-electron chi connectivity index (χ2n) is 5.02. The lowest BCUT2D eigenvalue weighted by Crippen LogP contribution is -2.38. The molecule has 1 aliphatic carbocycles. The van der Waals surface area contributed by atoms with Crippen molar-refractivity contribution in [3.8, 4) is 0 Å². The van der Waals surface area contributed by atoms with Gasteiger partial charge in [-0.2, -0.15) is 0 Å². The van der Waals surface area contributed by atoms with Gasteiger partial charge >= 0.3 is 0 Å². The van der Waals surface area contributed by atoms with Crippen LogP contribution in [-0.2, 0) is 5.33 Å². The minimum absolute atomic E-state index is 0.132. The number of nitrogens with zero attached hydrogens (tertiary/aromatic N) is 1. The zero-order valence-corrected chi connectivity index (χ0v) is 12.7. The van der Waals surface area contributed by atoms with Crippen LogP contribution in [0.4, 0.5) is 0 Å². The molecule has 0 N–H and O–H groups in total. The molecule has 3 heteroatoms. The van der Waals surface area contributed by atoms with E-state index in [0.29, 0.717) is 12.6 Å². The van der Waals surface area contributed by atoms with Crippen molar-refractivity contribution < 1.29 is 4.79 Å². The zero-order chi connectivity index (χ0) is 13.7. The lowest BCUT2D eigenvalue weighted by atomic mass is 10.1. The Kier molecular flexibility index (Phi) is 5.20. The number of benzene rings is 1. The van der Waals surface area contributed by atoms with Crippen LogP contribution >= 0.6 is 15.9 Å². The number of hydrogen-bond acceptors (Lipinski definition) is 1. The Labute approximate surface area is 123 Å². The Morgan fingerprint density at radius 1 is 1.32 bits per heavy atom. The molecule has 0 bridgehead atoms. The predicted octanol–water partition coefficient (Wildman–Crippen LogP) is 4.15. The number of halogens is 1. The zero-order valence-electron chi connectivity index (χ0n) is 11.1. The van der Waals surface area contributed by atoms with E-state index in [-0.39, 0.29) is 5.91 Å². The molecule has 0 aromatic heterocycles. The van der Waals surface area contributed by atoms with Gasteiger partial charge in [0.15, 0.2) is 0 Å². The Morgan fingerprint density at radius 2 is 1.95 bits per heavy atom. The second-order valence-corrected chi connectivity index (χ2v) is 5.58. The van der Waals surface area contributed by atoms with Crippen LogP contribution in [0.1, 0.15) is 41.6 Å². The summed E-state index contributed by atoms with van der Waals surface area (Å²) in [7, 11) is 0. The summed E-state index contributed by atoms with van der Waals surface area (Å²) in [4.78, 5) is 14.6. The molecule has 102 valence electrons. The summed E-state index contributed by atoms with van der Waals surface area (Å²) < 4.78 is 0. The second kappa shape index (κ2) is 6.90. The lowest BCUT2D eigenvalue weighted by Gasteiger charge is -2.28. The number of carbonyl (C=O) groups excluding carboxylic acids is 1. The fourth-order valence-corrected chi connectivity index (χ4v) is 3.03. The smallest absolute Gasteiger partial charge is 0.254 e. The summed E-state index contributed by atoms with van der Waals surface area (Å²) in [6, 6.07) is 8.24. The highest BCUT2D eigenvalue weighted by molar-refractivity contribution is 9.08. The SMILES string of the molecule is C=CCN(C(=O)c1ccc(CBr)cc1)C1CCCC1. The van der Waals surface area contributed by atoms with Crippen molar-refractivity contribution in [2.24, 2.45) is 0 Å². The Morgan fingerprint density at radius 3 is 2.47 bits per heavy atom. The van der Waals surface area contributed by atoms with E-state index in [1.807, 2.05) is 35.2 Å². The lowest BCUT2D eigenvalue weighted by molar-refractivity contribution is 0.0706. The van der Waals surface area contributed by atoms with Gasteiger partial charge in [-0.3, -0.25) is 4.79 Å². The average molecular weight is 322 g/mol. The number of hydrogen-bond donors (Lipinski definition) is 0. The van der Waals surface area contributed by atoms with E-state index in [1.165, 1.54) is 18.4 Å². The summed E-state index contributed by atoms with van der Waals surface area (Å²) in [6.07, 6.45) is 6.53. The fraction of sp³-hybridized carbons (Fsp3) is 0.438. The van der Waals surface area contributed by atoms with Crippen molar-refractivity contribution in [2.75, 3.05) is 6.54 Å². The van der Waals surface area contributed by atoms with Crippen molar-refractivity contribution in [3.63, 3.8) is 0 Å². The maximum absolute atomic E-state index is 12.6. The summed E-state index contributed by atoms with van der Waals surface area (Å²) in [5, 5.41) is 0.820. The fourth-order valence-electron chi connectivity index (χ4n) is 2.66. The van der Waals surface area contributed by atoms with Crippen LogP contribution in [0.15, 0.2) is 36.9 Å². The van der Waals surface area contributed by atoms with E-state index in [0.717, 1.165) is 23.7 Å². The van der Waals surface area contributed by atoms with Gasteiger partial charge in [-0.15, -0.1) is 6.58 Å². The first-order valence-corrected chi connectivity index (χ1v) is 7.95. The van der Waals surface area contributed by atoms with E-state index >= 15 is 0 Å². The van der Waals surface area contributed by atoms with Gasteiger partial charge in [-0.1, -0.05) is 47.0 Å². The van der Waals surface area contributed by atoms with E-state index < -0.39 is 0 Å². The van der Waals surface area contributed by atoms with Crippen LogP contribution in [-0.4, -0.2) is 23.4 Å². The van der Waals surface area contributed by atoms with Crippen LogP contribution in [0.5, 0.6) is 0 Å². The highest BCUT2D eigenvalue weighted by Crippen LogP contribution is 2.25. The van der Waals surface area contributed by atoms with Crippen molar-refractivity contribution >= 4 is 21.8 Å². The Balaban J connectivity index is 2.15. The molecule has 0 spiro atoms. The Hall–Kier alpha value is -1.09. The van der Waals surface area contributed by atoms with Gasteiger partial charge in [-0.05, 0) is 30.5 Å². The highest BCUT2D eigenvalue weighted by atomic mass is 79.9.